The Hall–Kier alpha value is -2.29. The molecule has 0 saturated heterocycles. The van der Waals surface area contributed by atoms with Crippen LogP contribution in [0.25, 0.3) is 16.9 Å². The summed E-state index contributed by atoms with van der Waals surface area (Å²) in [6.07, 6.45) is -4.56. The van der Waals surface area contributed by atoms with Gasteiger partial charge in [-0.1, -0.05) is 12.1 Å². The maximum Gasteiger partial charge on any atom is 0.435 e. The summed E-state index contributed by atoms with van der Waals surface area (Å²) in [6, 6.07) is 11.4. The van der Waals surface area contributed by atoms with Gasteiger partial charge in [0.05, 0.1) is 18.0 Å². The minimum absolute atomic E-state index is 0.278. The van der Waals surface area contributed by atoms with Crippen molar-refractivity contribution in [1.82, 2.24) is 9.78 Å². The number of hydrogen-bond acceptors (Lipinski definition) is 4. The molecule has 0 aliphatic carbocycles. The maximum absolute atomic E-state index is 13.3. The van der Waals surface area contributed by atoms with Gasteiger partial charge in [0.25, 0.3) is 0 Å². The number of nitrogens with zero attached hydrogens (tertiary/aromatic N) is 2. The first-order chi connectivity index (χ1) is 12.7. The lowest BCUT2D eigenvalue weighted by atomic mass is 10.0. The van der Waals surface area contributed by atoms with Crippen molar-refractivity contribution in [2.45, 2.75) is 31.5 Å². The molecule has 0 atom stereocenters. The average Bonchev–Trinajstić information content (AvgIpc) is 3.09. The Kier molecular flexibility index (Phi) is 5.32. The van der Waals surface area contributed by atoms with Crippen molar-refractivity contribution in [3.63, 3.8) is 0 Å². The van der Waals surface area contributed by atoms with Crippen LogP contribution in [0.15, 0.2) is 47.4 Å². The van der Waals surface area contributed by atoms with Gasteiger partial charge < -0.3 is 5.11 Å². The average molecular weight is 393 g/mol. The molecule has 0 bridgehead atoms. The molecule has 0 spiro atoms. The summed E-state index contributed by atoms with van der Waals surface area (Å²) in [5.74, 6) is 0. The Morgan fingerprint density at radius 2 is 1.81 bits per heavy atom. The smallest absolute Gasteiger partial charge is 0.392 e. The van der Waals surface area contributed by atoms with E-state index in [1.165, 1.54) is 4.68 Å². The molecule has 1 aromatic heterocycles. The number of aliphatic hydroxyl groups is 1. The molecule has 142 valence electrons. The molecule has 2 aromatic carbocycles. The minimum Gasteiger partial charge on any atom is -0.392 e. The van der Waals surface area contributed by atoms with E-state index < -0.39 is 11.9 Å². The number of halogens is 3. The molecular formula is C19H18F3N3OS. The van der Waals surface area contributed by atoms with Crippen LogP contribution in [0, 0.1) is 13.8 Å². The van der Waals surface area contributed by atoms with Crippen LogP contribution in [0.2, 0.25) is 0 Å². The van der Waals surface area contributed by atoms with Crippen molar-refractivity contribution in [2.24, 2.45) is 5.14 Å². The molecule has 0 saturated carbocycles. The molecule has 0 fully saturated rings. The molecule has 3 aromatic rings. The van der Waals surface area contributed by atoms with Gasteiger partial charge in [-0.3, -0.25) is 5.14 Å². The third-order valence-corrected chi connectivity index (χ3v) is 5.04. The highest BCUT2D eigenvalue weighted by molar-refractivity contribution is 7.97. The zero-order valence-electron chi connectivity index (χ0n) is 14.7. The maximum atomic E-state index is 13.3. The van der Waals surface area contributed by atoms with Crippen LogP contribution >= 0.6 is 11.9 Å². The fourth-order valence-corrected chi connectivity index (χ4v) is 3.18. The van der Waals surface area contributed by atoms with Gasteiger partial charge in [-0.15, -0.1) is 0 Å². The molecule has 27 heavy (non-hydrogen) atoms. The van der Waals surface area contributed by atoms with E-state index in [4.69, 9.17) is 5.14 Å². The topological polar surface area (TPSA) is 64.1 Å². The minimum atomic E-state index is -4.56. The first kappa shape index (κ1) is 19.5. The molecule has 4 nitrogen and oxygen atoms in total. The third kappa shape index (κ3) is 3.87. The number of rotatable bonds is 4. The van der Waals surface area contributed by atoms with E-state index in [1.54, 1.807) is 24.3 Å². The SMILES string of the molecule is Cc1ccc(-c2cc(C(F)(F)F)nn2-c2ccc(SN)c(CO)c2)cc1C. The van der Waals surface area contributed by atoms with Crippen molar-refractivity contribution >= 4 is 11.9 Å². The predicted octanol–water partition coefficient (Wildman–Crippen LogP) is 4.63. The summed E-state index contributed by atoms with van der Waals surface area (Å²) in [4.78, 5) is 0.650. The summed E-state index contributed by atoms with van der Waals surface area (Å²) in [5, 5.41) is 18.9. The molecule has 0 amide bonds. The predicted molar refractivity (Wildman–Crippen MR) is 99.4 cm³/mol. The number of aliphatic hydroxyl groups excluding tert-OH is 1. The van der Waals surface area contributed by atoms with Crippen molar-refractivity contribution < 1.29 is 18.3 Å². The second-order valence-electron chi connectivity index (χ2n) is 6.19. The number of alkyl halides is 3. The monoisotopic (exact) mass is 393 g/mol. The van der Waals surface area contributed by atoms with Gasteiger partial charge in [0.1, 0.15) is 0 Å². The lowest BCUT2D eigenvalue weighted by molar-refractivity contribution is -0.141. The molecule has 0 aliphatic heterocycles. The molecular weight excluding hydrogens is 375 g/mol. The van der Waals surface area contributed by atoms with Gasteiger partial charge in [0.15, 0.2) is 5.69 Å². The summed E-state index contributed by atoms with van der Waals surface area (Å²) in [5.41, 5.74) is 2.94. The fourth-order valence-electron chi connectivity index (χ4n) is 2.76. The van der Waals surface area contributed by atoms with Gasteiger partial charge >= 0.3 is 6.18 Å². The fraction of sp³-hybridized carbons (Fsp3) is 0.211. The van der Waals surface area contributed by atoms with E-state index in [1.807, 2.05) is 26.0 Å². The zero-order chi connectivity index (χ0) is 19.8. The van der Waals surface area contributed by atoms with E-state index in [0.717, 1.165) is 29.1 Å². The van der Waals surface area contributed by atoms with Gasteiger partial charge in [0.2, 0.25) is 0 Å². The summed E-state index contributed by atoms with van der Waals surface area (Å²) in [7, 11) is 0. The highest BCUT2D eigenvalue weighted by Crippen LogP contribution is 2.34. The highest BCUT2D eigenvalue weighted by Gasteiger charge is 2.35. The van der Waals surface area contributed by atoms with Crippen LogP contribution in [-0.4, -0.2) is 14.9 Å². The molecule has 3 N–H and O–H groups in total. The third-order valence-electron chi connectivity index (χ3n) is 4.39. The number of hydrogen-bond donors (Lipinski definition) is 2. The first-order valence-electron chi connectivity index (χ1n) is 8.10. The Morgan fingerprint density at radius 3 is 2.41 bits per heavy atom. The molecule has 3 rings (SSSR count). The van der Waals surface area contributed by atoms with E-state index >= 15 is 0 Å². The number of aryl methyl sites for hydroxylation is 2. The van der Waals surface area contributed by atoms with Gasteiger partial charge in [-0.2, -0.15) is 18.3 Å². The van der Waals surface area contributed by atoms with E-state index in [9.17, 15) is 18.3 Å². The Balaban J connectivity index is 2.22. The van der Waals surface area contributed by atoms with Crippen molar-refractivity contribution in [2.75, 3.05) is 0 Å². The van der Waals surface area contributed by atoms with Crippen molar-refractivity contribution in [3.8, 4) is 16.9 Å². The Bertz CT molecular complexity index is 983. The molecule has 0 unspecified atom stereocenters. The molecule has 1 heterocycles. The zero-order valence-corrected chi connectivity index (χ0v) is 15.5. The molecule has 0 radical (unpaired) electrons. The van der Waals surface area contributed by atoms with Gasteiger partial charge in [0, 0.05) is 10.5 Å². The number of benzene rings is 2. The molecule has 0 aliphatic rings. The largest absolute Gasteiger partial charge is 0.435 e. The van der Waals surface area contributed by atoms with Crippen LogP contribution in [0.1, 0.15) is 22.4 Å². The van der Waals surface area contributed by atoms with Crippen LogP contribution in [0.3, 0.4) is 0 Å². The van der Waals surface area contributed by atoms with Crippen molar-refractivity contribution in [1.29, 1.82) is 0 Å². The van der Waals surface area contributed by atoms with Crippen LogP contribution in [-0.2, 0) is 12.8 Å². The number of aromatic nitrogens is 2. The standard InChI is InChI=1S/C19H18F3N3OS/c1-11-3-4-13(7-12(11)2)16-9-18(19(20,21)22)24-25(16)15-5-6-17(27-23)14(8-15)10-26/h3-9,26H,10,23H2,1-2H3. The Labute approximate surface area is 159 Å². The van der Waals surface area contributed by atoms with E-state index in [-0.39, 0.29) is 6.61 Å². The Morgan fingerprint density at radius 1 is 1.07 bits per heavy atom. The van der Waals surface area contributed by atoms with Crippen LogP contribution < -0.4 is 5.14 Å². The second-order valence-corrected chi connectivity index (χ2v) is 6.87. The summed E-state index contributed by atoms with van der Waals surface area (Å²) >= 11 is 0.968. The van der Waals surface area contributed by atoms with Gasteiger partial charge in [-0.25, -0.2) is 4.68 Å². The van der Waals surface area contributed by atoms with Crippen LogP contribution in [0.4, 0.5) is 13.2 Å². The highest BCUT2D eigenvalue weighted by atomic mass is 32.2. The van der Waals surface area contributed by atoms with Crippen molar-refractivity contribution in [3.05, 3.63) is 64.8 Å². The summed E-state index contributed by atoms with van der Waals surface area (Å²) in [6.45, 7) is 3.56. The van der Waals surface area contributed by atoms with Gasteiger partial charge in [-0.05, 0) is 72.8 Å². The lowest BCUT2D eigenvalue weighted by Gasteiger charge is -2.12. The number of nitrogens with two attached hydrogens (primary N) is 1. The normalized spacial score (nSPS) is 11.8. The summed E-state index contributed by atoms with van der Waals surface area (Å²) < 4.78 is 41.1. The lowest BCUT2D eigenvalue weighted by Crippen LogP contribution is -2.07. The van der Waals surface area contributed by atoms with E-state index in [2.05, 4.69) is 5.10 Å². The second kappa shape index (κ2) is 7.38. The molecule has 8 heteroatoms. The van der Waals surface area contributed by atoms with Crippen LogP contribution in [0.5, 0.6) is 0 Å². The first-order valence-corrected chi connectivity index (χ1v) is 8.98. The quantitative estimate of drug-likeness (QED) is 0.634. The van der Waals surface area contributed by atoms with E-state index in [0.29, 0.717) is 27.4 Å².